The van der Waals surface area contributed by atoms with Crippen LogP contribution in [0.1, 0.15) is 31.1 Å². The van der Waals surface area contributed by atoms with Crippen LogP contribution < -0.4 is 16.0 Å². The van der Waals surface area contributed by atoms with Gasteiger partial charge in [-0.3, -0.25) is 9.59 Å². The lowest BCUT2D eigenvalue weighted by Crippen LogP contribution is -2.30. The van der Waals surface area contributed by atoms with E-state index < -0.39 is 0 Å². The number of carbonyl (C=O) groups is 2. The summed E-state index contributed by atoms with van der Waals surface area (Å²) in [5.41, 5.74) is 0.622. The third-order valence-electron chi connectivity index (χ3n) is 3.85. The Morgan fingerprint density at radius 3 is 2.48 bits per heavy atom. The topological polar surface area (TPSA) is 88.7 Å². The molecule has 0 radical (unpaired) electrons. The number of likely N-dealkylation sites (N-methyl/N-ethyl adjacent to an activating group) is 1. The maximum Gasteiger partial charge on any atom is 0.251 e. The van der Waals surface area contributed by atoms with Gasteiger partial charge in [-0.25, -0.2) is 0 Å². The molecule has 1 aromatic rings. The van der Waals surface area contributed by atoms with Crippen LogP contribution in [-0.2, 0) is 14.3 Å². The van der Waals surface area contributed by atoms with E-state index in [0.29, 0.717) is 37.8 Å². The molecule has 0 aliphatic carbocycles. The molecule has 31 heavy (non-hydrogen) atoms. The summed E-state index contributed by atoms with van der Waals surface area (Å²) in [6.45, 7) is 8.33. The van der Waals surface area contributed by atoms with Gasteiger partial charge in [-0.15, -0.1) is 5.92 Å². The molecule has 172 valence electrons. The predicted molar refractivity (Wildman–Crippen MR) is 128 cm³/mol. The van der Waals surface area contributed by atoms with Gasteiger partial charge >= 0.3 is 0 Å². The molecule has 7 nitrogen and oxygen atoms in total. The molecule has 1 rings (SSSR count). The number of amides is 2. The van der Waals surface area contributed by atoms with Crippen LogP contribution in [0.4, 0.5) is 0 Å². The lowest BCUT2D eigenvalue weighted by molar-refractivity contribution is -0.126. The van der Waals surface area contributed by atoms with Crippen molar-refractivity contribution in [2.24, 2.45) is 5.92 Å². The van der Waals surface area contributed by atoms with Crippen LogP contribution >= 0.6 is 21.6 Å². The summed E-state index contributed by atoms with van der Waals surface area (Å²) >= 11 is 0. The molecule has 0 aliphatic rings. The van der Waals surface area contributed by atoms with Crippen molar-refractivity contribution in [2.75, 3.05) is 46.5 Å². The molecule has 1 atom stereocenters. The van der Waals surface area contributed by atoms with Crippen molar-refractivity contribution < 1.29 is 19.1 Å². The number of nitrogens with one attached hydrogen (secondary N) is 3. The monoisotopic (exact) mass is 467 g/mol. The zero-order valence-electron chi connectivity index (χ0n) is 18.7. The highest BCUT2D eigenvalue weighted by Gasteiger charge is 2.16. The predicted octanol–water partition coefficient (Wildman–Crippen LogP) is 2.53. The summed E-state index contributed by atoms with van der Waals surface area (Å²) in [6, 6.07) is 7.53. The van der Waals surface area contributed by atoms with Gasteiger partial charge in [0, 0.05) is 23.5 Å². The zero-order valence-corrected chi connectivity index (χ0v) is 20.3. The van der Waals surface area contributed by atoms with Crippen molar-refractivity contribution in [1.82, 2.24) is 16.0 Å². The van der Waals surface area contributed by atoms with Gasteiger partial charge in [-0.05, 0) is 44.2 Å². The van der Waals surface area contributed by atoms with Crippen LogP contribution in [0.5, 0.6) is 0 Å². The lowest BCUT2D eigenvalue weighted by atomic mass is 10.2. The molecule has 0 aromatic heterocycles. The van der Waals surface area contributed by atoms with Crippen LogP contribution in [0.25, 0.3) is 0 Å². The molecule has 0 bridgehead atoms. The number of benzene rings is 1. The summed E-state index contributed by atoms with van der Waals surface area (Å²) < 4.78 is 11.3. The minimum absolute atomic E-state index is 0.00211. The molecule has 0 fully saturated rings. The summed E-state index contributed by atoms with van der Waals surface area (Å²) in [4.78, 5) is 24.6. The third-order valence-corrected chi connectivity index (χ3v) is 6.72. The fourth-order valence-electron chi connectivity index (χ4n) is 2.17. The first-order valence-corrected chi connectivity index (χ1v) is 12.4. The SMILES string of the molecule is CC#CCNC(=O)COCCOC(SSc1ccc(C(=O)NCCNC)cc1)C(C)C. The smallest absolute Gasteiger partial charge is 0.251 e. The van der Waals surface area contributed by atoms with E-state index in [1.54, 1.807) is 28.5 Å². The average Bonchev–Trinajstić information content (AvgIpc) is 2.76. The van der Waals surface area contributed by atoms with Gasteiger partial charge in [-0.2, -0.15) is 0 Å². The van der Waals surface area contributed by atoms with E-state index in [4.69, 9.17) is 9.47 Å². The Labute approximate surface area is 193 Å². The first-order chi connectivity index (χ1) is 15.0. The van der Waals surface area contributed by atoms with Gasteiger partial charge < -0.3 is 25.4 Å². The molecule has 0 heterocycles. The Kier molecular flexibility index (Phi) is 14.9. The van der Waals surface area contributed by atoms with Gasteiger partial charge in [0.1, 0.15) is 12.0 Å². The van der Waals surface area contributed by atoms with E-state index in [9.17, 15) is 9.59 Å². The van der Waals surface area contributed by atoms with Crippen molar-refractivity contribution >= 4 is 33.4 Å². The van der Waals surface area contributed by atoms with E-state index in [-0.39, 0.29) is 23.9 Å². The molecule has 1 aromatic carbocycles. The van der Waals surface area contributed by atoms with Crippen LogP contribution in [-0.4, -0.2) is 63.8 Å². The number of carbonyl (C=O) groups excluding carboxylic acids is 2. The van der Waals surface area contributed by atoms with Crippen LogP contribution in [0.2, 0.25) is 0 Å². The van der Waals surface area contributed by atoms with Gasteiger partial charge in [-0.1, -0.05) is 41.4 Å². The summed E-state index contributed by atoms with van der Waals surface area (Å²) in [5, 5.41) is 8.50. The van der Waals surface area contributed by atoms with Crippen molar-refractivity contribution in [3.63, 3.8) is 0 Å². The highest BCUT2D eigenvalue weighted by Crippen LogP contribution is 2.37. The van der Waals surface area contributed by atoms with Crippen molar-refractivity contribution in [3.8, 4) is 11.8 Å². The Morgan fingerprint density at radius 2 is 1.84 bits per heavy atom. The summed E-state index contributed by atoms with van der Waals surface area (Å²) in [6.07, 6.45) is 0. The number of rotatable bonds is 15. The van der Waals surface area contributed by atoms with Crippen molar-refractivity contribution in [3.05, 3.63) is 29.8 Å². The van der Waals surface area contributed by atoms with Gasteiger partial charge in [0.05, 0.1) is 19.8 Å². The molecule has 0 spiro atoms. The first kappa shape index (κ1) is 27.3. The van der Waals surface area contributed by atoms with Crippen molar-refractivity contribution in [2.45, 2.75) is 31.1 Å². The highest BCUT2D eigenvalue weighted by molar-refractivity contribution is 8.76. The average molecular weight is 468 g/mol. The van der Waals surface area contributed by atoms with Gasteiger partial charge in [0.2, 0.25) is 5.91 Å². The van der Waals surface area contributed by atoms with Crippen molar-refractivity contribution in [1.29, 1.82) is 0 Å². The zero-order chi connectivity index (χ0) is 22.9. The number of hydrogen-bond donors (Lipinski definition) is 3. The second kappa shape index (κ2) is 16.9. The van der Waals surface area contributed by atoms with Crippen LogP contribution in [0.3, 0.4) is 0 Å². The quantitative estimate of drug-likeness (QED) is 0.158. The minimum atomic E-state index is -0.188. The van der Waals surface area contributed by atoms with E-state index in [1.165, 1.54) is 0 Å². The normalized spacial score (nSPS) is 11.5. The molecule has 0 saturated carbocycles. The number of hydrogen-bond acceptors (Lipinski definition) is 7. The molecule has 0 aliphatic heterocycles. The third kappa shape index (κ3) is 12.7. The molecule has 1 unspecified atom stereocenters. The van der Waals surface area contributed by atoms with Crippen LogP contribution in [0.15, 0.2) is 29.2 Å². The maximum atomic E-state index is 12.1. The largest absolute Gasteiger partial charge is 0.369 e. The molecular formula is C22H33N3O4S2. The molecular weight excluding hydrogens is 434 g/mol. The maximum absolute atomic E-state index is 12.1. The van der Waals surface area contributed by atoms with E-state index in [0.717, 1.165) is 11.4 Å². The number of ether oxygens (including phenoxy) is 2. The first-order valence-electron chi connectivity index (χ1n) is 10.2. The molecule has 2 amide bonds. The Hall–Kier alpha value is -1.70. The molecule has 0 saturated heterocycles. The fourth-order valence-corrected chi connectivity index (χ4v) is 4.78. The second-order valence-corrected chi connectivity index (χ2v) is 9.18. The second-order valence-electron chi connectivity index (χ2n) is 6.80. The molecule has 3 N–H and O–H groups in total. The Balaban J connectivity index is 2.32. The Bertz CT molecular complexity index is 718. The summed E-state index contributed by atoms with van der Waals surface area (Å²) in [7, 11) is 5.09. The lowest BCUT2D eigenvalue weighted by Gasteiger charge is -2.20. The van der Waals surface area contributed by atoms with E-state index in [2.05, 4.69) is 41.6 Å². The highest BCUT2D eigenvalue weighted by atomic mass is 33.1. The van der Waals surface area contributed by atoms with Crippen LogP contribution in [0, 0.1) is 17.8 Å². The standard InChI is InChI=1S/C22H33N3O4S2/c1-5-6-11-24-20(26)16-28-14-15-29-22(17(2)3)31-30-19-9-7-18(8-10-19)21(27)25-13-12-23-4/h7-10,17,22-23H,11-16H2,1-4H3,(H,24,26)(H,25,27). The van der Waals surface area contributed by atoms with E-state index >= 15 is 0 Å². The minimum Gasteiger partial charge on any atom is -0.369 e. The van der Waals surface area contributed by atoms with E-state index in [1.807, 2.05) is 31.3 Å². The Morgan fingerprint density at radius 1 is 1.10 bits per heavy atom. The van der Waals surface area contributed by atoms with Gasteiger partial charge in [0.15, 0.2) is 0 Å². The summed E-state index contributed by atoms with van der Waals surface area (Å²) in [5.74, 6) is 5.53. The fraction of sp³-hybridized carbons (Fsp3) is 0.545. The van der Waals surface area contributed by atoms with Gasteiger partial charge in [0.25, 0.3) is 5.91 Å². The molecule has 9 heteroatoms.